The average Bonchev–Trinajstić information content (AvgIpc) is 2.56. The SMILES string of the molecule is C.C.C.C.C.C.CC(C)=O.CCC(C)=O.CCC(C)=O.COC.COC(C)=O.COC(C)=O. The lowest BCUT2D eigenvalue weighted by Gasteiger charge is -1.80. The number of ketones is 3. The topological polar surface area (TPSA) is 113 Å². The molecule has 0 aliphatic rings. The standard InChI is InChI=1S/2C4H8O.2C3H6O2.C3H6O.C2H6O.6CH4/c2*1-3-4(2)5;2*1-3(4)5-2;1-3(2)4;1-3-2;;;;;;/h2*3H2,1-2H3;2*1-2H3;1-2H3;1-2H3;6*1H4. The Hall–Kier alpha value is -2.09. The van der Waals surface area contributed by atoms with Gasteiger partial charge in [-0.15, -0.1) is 0 Å². The minimum absolute atomic E-state index is 0. The number of esters is 2. The molecule has 0 aromatic carbocycles. The number of Topliss-reactive ketones (excluding diaryl/α,β-unsaturated/α-hetero) is 3. The Bertz CT molecular complexity index is 305. The van der Waals surface area contributed by atoms with Crippen molar-refractivity contribution in [1.82, 2.24) is 0 Å². The molecule has 0 rings (SSSR count). The van der Waals surface area contributed by atoms with Gasteiger partial charge in [-0.2, -0.15) is 0 Å². The van der Waals surface area contributed by atoms with Crippen LogP contribution in [0.25, 0.3) is 0 Å². The summed E-state index contributed by atoms with van der Waals surface area (Å²) in [6.07, 6.45) is 1.33. The molecule has 0 aliphatic heterocycles. The van der Waals surface area contributed by atoms with Gasteiger partial charge in [-0.05, 0) is 27.7 Å². The number of carbonyl (C=O) groups is 5. The number of rotatable bonds is 2. The van der Waals surface area contributed by atoms with Crippen molar-refractivity contribution in [3.8, 4) is 0 Å². The van der Waals surface area contributed by atoms with Gasteiger partial charge in [-0.25, -0.2) is 0 Å². The summed E-state index contributed by atoms with van der Waals surface area (Å²) in [4.78, 5) is 48.2. The van der Waals surface area contributed by atoms with Crippen LogP contribution in [0.4, 0.5) is 0 Å². The second-order valence-electron chi connectivity index (χ2n) is 4.82. The molecule has 0 saturated heterocycles. The summed E-state index contributed by atoms with van der Waals surface area (Å²) in [5.41, 5.74) is 0. The fourth-order valence-electron chi connectivity index (χ4n) is 0. The van der Waals surface area contributed by atoms with Crippen molar-refractivity contribution >= 4 is 29.3 Å². The van der Waals surface area contributed by atoms with E-state index >= 15 is 0 Å². The Morgan fingerprint density at radius 2 is 0.545 bits per heavy atom. The Labute approximate surface area is 209 Å². The number of ether oxygens (including phenoxy) is 3. The Morgan fingerprint density at radius 1 is 0.485 bits per heavy atom. The zero-order valence-electron chi connectivity index (χ0n) is 19.2. The quantitative estimate of drug-likeness (QED) is 0.378. The average molecular weight is 493 g/mol. The van der Waals surface area contributed by atoms with Crippen LogP contribution in [0, 0.1) is 0 Å². The van der Waals surface area contributed by atoms with E-state index < -0.39 is 0 Å². The first-order valence-corrected chi connectivity index (χ1v) is 8.18. The molecule has 0 radical (unpaired) electrons. The molecule has 0 saturated carbocycles. The zero-order chi connectivity index (χ0) is 23.4. The van der Waals surface area contributed by atoms with Crippen LogP contribution >= 0.6 is 0 Å². The highest BCUT2D eigenvalue weighted by atomic mass is 16.5. The molecule has 8 nitrogen and oxygen atoms in total. The van der Waals surface area contributed by atoms with E-state index in [0.29, 0.717) is 12.8 Å². The van der Waals surface area contributed by atoms with E-state index in [4.69, 9.17) is 0 Å². The van der Waals surface area contributed by atoms with E-state index in [0.717, 1.165) is 0 Å². The highest BCUT2D eigenvalue weighted by Crippen LogP contribution is 1.72. The van der Waals surface area contributed by atoms with Crippen LogP contribution in [0.15, 0.2) is 0 Å². The lowest BCUT2D eigenvalue weighted by atomic mass is 10.4. The largest absolute Gasteiger partial charge is 0.469 e. The maximum Gasteiger partial charge on any atom is 0.302 e. The van der Waals surface area contributed by atoms with Crippen molar-refractivity contribution in [1.29, 1.82) is 0 Å². The fraction of sp³-hybridized carbons (Fsp3) is 0.800. The molecular weight excluding hydrogens is 428 g/mol. The van der Waals surface area contributed by atoms with E-state index in [1.54, 1.807) is 28.1 Å². The highest BCUT2D eigenvalue weighted by molar-refractivity contribution is 5.75. The Morgan fingerprint density at radius 3 is 0.545 bits per heavy atom. The Balaban J connectivity index is -0.0000000156. The third-order valence-electron chi connectivity index (χ3n) is 1.57. The Kier molecular flexibility index (Phi) is 183. The third-order valence-corrected chi connectivity index (χ3v) is 1.57. The van der Waals surface area contributed by atoms with Crippen LogP contribution in [0.5, 0.6) is 0 Å². The van der Waals surface area contributed by atoms with Crippen LogP contribution in [-0.2, 0) is 38.2 Å². The molecule has 0 spiro atoms. The number of methoxy groups -OCH3 is 3. The molecule has 0 aromatic rings. The summed E-state index contributed by atoms with van der Waals surface area (Å²) in [5.74, 6) is 0.185. The van der Waals surface area contributed by atoms with Gasteiger partial charge in [0, 0.05) is 40.9 Å². The minimum Gasteiger partial charge on any atom is -0.469 e. The number of hydrogen-bond acceptors (Lipinski definition) is 8. The molecule has 0 fully saturated rings. The second-order valence-corrected chi connectivity index (χ2v) is 4.82. The normalized spacial score (nSPS) is 5.70. The van der Waals surface area contributed by atoms with Crippen LogP contribution in [0.1, 0.15) is 113 Å². The summed E-state index contributed by atoms with van der Waals surface area (Å²) in [6, 6.07) is 0. The number of carbonyl (C=O) groups excluding carboxylic acids is 5. The van der Waals surface area contributed by atoms with Crippen molar-refractivity contribution in [3.63, 3.8) is 0 Å². The number of hydrogen-bond donors (Lipinski definition) is 0. The molecule has 212 valence electrons. The third kappa shape index (κ3) is 667. The van der Waals surface area contributed by atoms with Crippen LogP contribution in [-0.4, -0.2) is 57.7 Å². The van der Waals surface area contributed by atoms with Gasteiger partial charge in [0.05, 0.1) is 14.2 Å². The molecule has 0 bridgehead atoms. The fourth-order valence-corrected chi connectivity index (χ4v) is 0. The maximum atomic E-state index is 9.81. The van der Waals surface area contributed by atoms with Crippen molar-refractivity contribution in [2.75, 3.05) is 28.4 Å². The molecule has 0 unspecified atom stereocenters. The van der Waals surface area contributed by atoms with Gasteiger partial charge in [0.25, 0.3) is 0 Å². The van der Waals surface area contributed by atoms with Gasteiger partial charge in [0.1, 0.15) is 17.3 Å². The molecule has 0 amide bonds. The maximum absolute atomic E-state index is 9.81. The lowest BCUT2D eigenvalue weighted by Crippen LogP contribution is -1.88. The predicted molar refractivity (Wildman–Crippen MR) is 147 cm³/mol. The van der Waals surface area contributed by atoms with E-state index in [2.05, 4.69) is 14.2 Å². The summed E-state index contributed by atoms with van der Waals surface area (Å²) in [5, 5.41) is 0. The van der Waals surface area contributed by atoms with Gasteiger partial charge in [-0.1, -0.05) is 58.4 Å². The second kappa shape index (κ2) is 77.9. The first-order valence-electron chi connectivity index (χ1n) is 8.18. The van der Waals surface area contributed by atoms with Crippen LogP contribution in [0.3, 0.4) is 0 Å². The summed E-state index contributed by atoms with van der Waals surface area (Å²) < 4.78 is 12.5. The van der Waals surface area contributed by atoms with Crippen molar-refractivity contribution in [3.05, 3.63) is 0 Å². The van der Waals surface area contributed by atoms with Gasteiger partial charge < -0.3 is 28.6 Å². The first-order chi connectivity index (χ1) is 12.2. The molecule has 0 atom stereocenters. The smallest absolute Gasteiger partial charge is 0.302 e. The lowest BCUT2D eigenvalue weighted by molar-refractivity contribution is -0.138. The van der Waals surface area contributed by atoms with Crippen molar-refractivity contribution < 1.29 is 38.2 Å². The van der Waals surface area contributed by atoms with E-state index in [9.17, 15) is 24.0 Å². The van der Waals surface area contributed by atoms with Gasteiger partial charge in [0.2, 0.25) is 0 Å². The first kappa shape index (κ1) is 77.3. The van der Waals surface area contributed by atoms with E-state index in [1.165, 1.54) is 41.9 Å². The molecule has 8 heteroatoms. The molecule has 0 aliphatic carbocycles. The van der Waals surface area contributed by atoms with Gasteiger partial charge >= 0.3 is 11.9 Å². The van der Waals surface area contributed by atoms with E-state index in [-0.39, 0.29) is 73.8 Å². The van der Waals surface area contributed by atoms with Gasteiger partial charge in [-0.3, -0.25) is 9.59 Å². The summed E-state index contributed by atoms with van der Waals surface area (Å²) in [7, 11) is 5.95. The van der Waals surface area contributed by atoms with Crippen molar-refractivity contribution in [2.45, 2.75) is 113 Å². The monoisotopic (exact) mass is 492 g/mol. The molecule has 33 heavy (non-hydrogen) atoms. The summed E-state index contributed by atoms with van der Waals surface area (Å²) >= 11 is 0. The van der Waals surface area contributed by atoms with Crippen LogP contribution < -0.4 is 0 Å². The predicted octanol–water partition coefficient (Wildman–Crippen LogP) is 7.00. The molecular formula is C25H64O8. The molecule has 0 aromatic heterocycles. The molecule has 0 N–H and O–H groups in total. The minimum atomic E-state index is -0.245. The summed E-state index contributed by atoms with van der Waals surface area (Å²) in [6.45, 7) is 12.6. The zero-order valence-corrected chi connectivity index (χ0v) is 19.2. The van der Waals surface area contributed by atoms with Crippen LogP contribution in [0.2, 0.25) is 0 Å². The molecule has 0 heterocycles. The van der Waals surface area contributed by atoms with E-state index in [1.807, 2.05) is 13.8 Å². The highest BCUT2D eigenvalue weighted by Gasteiger charge is 1.77. The van der Waals surface area contributed by atoms with Gasteiger partial charge in [0.15, 0.2) is 0 Å². The van der Waals surface area contributed by atoms with Crippen molar-refractivity contribution in [2.24, 2.45) is 0 Å².